The Morgan fingerprint density at radius 3 is 2.51 bits per heavy atom. The molecule has 0 radical (unpaired) electrons. The molecule has 3 rings (SSSR count). The van der Waals surface area contributed by atoms with Gasteiger partial charge in [0.2, 0.25) is 0 Å². The molecule has 1 atom stereocenters. The number of ether oxygens (including phenoxy) is 4. The van der Waals surface area contributed by atoms with Crippen molar-refractivity contribution < 1.29 is 32.9 Å². The van der Waals surface area contributed by atoms with Gasteiger partial charge in [0.05, 0.1) is 33.0 Å². The molecule has 0 fully saturated rings. The topological polar surface area (TPSA) is 128 Å². The van der Waals surface area contributed by atoms with E-state index in [4.69, 9.17) is 42.1 Å². The van der Waals surface area contributed by atoms with Gasteiger partial charge < -0.3 is 29.2 Å². The van der Waals surface area contributed by atoms with Crippen LogP contribution in [0.1, 0.15) is 59.2 Å². The van der Waals surface area contributed by atoms with Gasteiger partial charge in [-0.25, -0.2) is 19.0 Å². The van der Waals surface area contributed by atoms with Crippen LogP contribution in [0.2, 0.25) is 10.3 Å². The molecule has 16 heteroatoms. The SMILES string of the molecule is COC(=O)c1nc(NCC(Cc2c(Cl)nnc(Cl)c2C)OCCN(C)C(=O)OC(C)(C)C)sc1CCCOc1ccc(C#CCN(C)C)cc1F. The smallest absolute Gasteiger partial charge is 0.410 e. The summed E-state index contributed by atoms with van der Waals surface area (Å²) in [5, 5.41) is 12.0. The molecule has 51 heavy (non-hydrogen) atoms. The molecule has 0 spiro atoms. The third-order valence-corrected chi connectivity index (χ3v) is 8.81. The lowest BCUT2D eigenvalue weighted by molar-refractivity contribution is 0.0143. The molecule has 0 saturated carbocycles. The summed E-state index contributed by atoms with van der Waals surface area (Å²) in [7, 11) is 6.74. The van der Waals surface area contributed by atoms with Crippen molar-refractivity contribution in [3.8, 4) is 17.6 Å². The molecule has 0 bridgehead atoms. The van der Waals surface area contributed by atoms with Gasteiger partial charge in [0, 0.05) is 42.6 Å². The van der Waals surface area contributed by atoms with Crippen molar-refractivity contribution in [3.05, 3.63) is 61.6 Å². The van der Waals surface area contributed by atoms with Crippen LogP contribution in [-0.2, 0) is 27.1 Å². The van der Waals surface area contributed by atoms with E-state index >= 15 is 0 Å². The number of anilines is 1. The third-order valence-electron chi connectivity index (χ3n) is 7.08. The number of halogens is 3. The fraction of sp³-hybridized carbons (Fsp3) is 0.514. The monoisotopic (exact) mass is 766 g/mol. The van der Waals surface area contributed by atoms with Crippen molar-refractivity contribution in [2.24, 2.45) is 0 Å². The first kappa shape index (κ1) is 41.7. The maximum absolute atomic E-state index is 14.6. The quantitative estimate of drug-likeness (QED) is 0.100. The Morgan fingerprint density at radius 2 is 1.84 bits per heavy atom. The Labute approximate surface area is 312 Å². The van der Waals surface area contributed by atoms with Gasteiger partial charge in [0.15, 0.2) is 32.7 Å². The zero-order valence-electron chi connectivity index (χ0n) is 30.2. The number of carbonyl (C=O) groups is 2. The molecule has 2 aromatic heterocycles. The number of benzene rings is 1. The average Bonchev–Trinajstić information content (AvgIpc) is 3.47. The van der Waals surface area contributed by atoms with Crippen LogP contribution in [-0.4, -0.2) is 110 Å². The van der Waals surface area contributed by atoms with E-state index in [1.807, 2.05) is 19.0 Å². The minimum absolute atomic E-state index is 0.123. The molecule has 1 N–H and O–H groups in total. The highest BCUT2D eigenvalue weighted by Gasteiger charge is 2.23. The van der Waals surface area contributed by atoms with Gasteiger partial charge in [0.25, 0.3) is 0 Å². The van der Waals surface area contributed by atoms with E-state index in [1.54, 1.807) is 46.9 Å². The number of methoxy groups -OCH3 is 1. The van der Waals surface area contributed by atoms with Crippen LogP contribution in [0.3, 0.4) is 0 Å². The zero-order chi connectivity index (χ0) is 37.7. The Morgan fingerprint density at radius 1 is 1.12 bits per heavy atom. The Hall–Kier alpha value is -3.74. The second-order valence-electron chi connectivity index (χ2n) is 12.8. The summed E-state index contributed by atoms with van der Waals surface area (Å²) >= 11 is 13.9. The number of nitrogens with one attached hydrogen (secondary N) is 1. The third kappa shape index (κ3) is 13.7. The van der Waals surface area contributed by atoms with Gasteiger partial charge in [-0.05, 0) is 78.4 Å². The number of carbonyl (C=O) groups excluding carboxylic acids is 2. The van der Waals surface area contributed by atoms with E-state index < -0.39 is 29.6 Å². The lowest BCUT2D eigenvalue weighted by Crippen LogP contribution is -2.37. The highest BCUT2D eigenvalue weighted by Crippen LogP contribution is 2.28. The lowest BCUT2D eigenvalue weighted by Gasteiger charge is -2.25. The second kappa shape index (κ2) is 19.8. The molecule has 0 aliphatic carbocycles. The summed E-state index contributed by atoms with van der Waals surface area (Å²) in [5.41, 5.74) is 1.45. The van der Waals surface area contributed by atoms with E-state index in [9.17, 15) is 14.0 Å². The summed E-state index contributed by atoms with van der Waals surface area (Å²) in [5.74, 6) is 4.95. The van der Waals surface area contributed by atoms with E-state index in [2.05, 4.69) is 32.3 Å². The number of thiazole rings is 1. The molecular formula is C35H45Cl2FN6O6S. The summed E-state index contributed by atoms with van der Waals surface area (Å²) in [6.45, 7) is 8.68. The summed E-state index contributed by atoms with van der Waals surface area (Å²) in [6, 6.07) is 4.62. The number of hydrogen-bond donors (Lipinski definition) is 1. The van der Waals surface area contributed by atoms with E-state index in [-0.39, 0.29) is 48.1 Å². The molecule has 278 valence electrons. The van der Waals surface area contributed by atoms with Crippen LogP contribution in [0.4, 0.5) is 14.3 Å². The van der Waals surface area contributed by atoms with E-state index in [0.29, 0.717) is 52.5 Å². The Balaban J connectivity index is 1.67. The maximum atomic E-state index is 14.6. The van der Waals surface area contributed by atoms with Gasteiger partial charge in [-0.1, -0.05) is 35.0 Å². The molecule has 12 nitrogen and oxygen atoms in total. The van der Waals surface area contributed by atoms with E-state index in [0.717, 1.165) is 0 Å². The normalized spacial score (nSPS) is 11.8. The predicted molar refractivity (Wildman–Crippen MR) is 197 cm³/mol. The number of aromatic nitrogens is 3. The summed E-state index contributed by atoms with van der Waals surface area (Å²) in [6.07, 6.45) is 0.302. The van der Waals surface area contributed by atoms with Crippen LogP contribution in [0, 0.1) is 24.6 Å². The lowest BCUT2D eigenvalue weighted by atomic mass is 10.1. The van der Waals surface area contributed by atoms with Crippen LogP contribution in [0.25, 0.3) is 0 Å². The fourth-order valence-corrected chi connectivity index (χ4v) is 5.82. The van der Waals surface area contributed by atoms with Gasteiger partial charge in [-0.3, -0.25) is 4.90 Å². The molecule has 3 aromatic rings. The van der Waals surface area contributed by atoms with Crippen molar-refractivity contribution in [1.82, 2.24) is 25.0 Å². The number of hydrogen-bond acceptors (Lipinski definition) is 12. The molecule has 0 aliphatic rings. The van der Waals surface area contributed by atoms with Crippen molar-refractivity contribution in [2.75, 3.05) is 66.4 Å². The minimum Gasteiger partial charge on any atom is -0.491 e. The average molecular weight is 768 g/mol. The van der Waals surface area contributed by atoms with Crippen molar-refractivity contribution in [2.45, 2.75) is 58.7 Å². The number of esters is 1. The highest BCUT2D eigenvalue weighted by atomic mass is 35.5. The fourth-order valence-electron chi connectivity index (χ4n) is 4.41. The predicted octanol–water partition coefficient (Wildman–Crippen LogP) is 6.31. The molecule has 0 saturated heterocycles. The van der Waals surface area contributed by atoms with Crippen molar-refractivity contribution in [3.63, 3.8) is 0 Å². The summed E-state index contributed by atoms with van der Waals surface area (Å²) < 4.78 is 36.9. The Kier molecular flexibility index (Phi) is 16.1. The number of amides is 1. The van der Waals surface area contributed by atoms with Crippen LogP contribution in [0.15, 0.2) is 18.2 Å². The van der Waals surface area contributed by atoms with Crippen LogP contribution < -0.4 is 10.1 Å². The molecule has 1 aromatic carbocycles. The molecule has 0 aliphatic heterocycles. The minimum atomic E-state index is -0.630. The zero-order valence-corrected chi connectivity index (χ0v) is 32.5. The molecular weight excluding hydrogens is 722 g/mol. The molecule has 1 unspecified atom stereocenters. The highest BCUT2D eigenvalue weighted by molar-refractivity contribution is 7.15. The molecule has 2 heterocycles. The Bertz CT molecular complexity index is 1710. The van der Waals surface area contributed by atoms with Crippen LogP contribution in [0.5, 0.6) is 5.75 Å². The number of likely N-dealkylation sites (N-methyl/N-ethyl adjacent to an activating group) is 1. The van der Waals surface area contributed by atoms with Gasteiger partial charge in [-0.15, -0.1) is 21.5 Å². The van der Waals surface area contributed by atoms with Gasteiger partial charge in [0.1, 0.15) is 5.60 Å². The van der Waals surface area contributed by atoms with Crippen molar-refractivity contribution >= 4 is 51.7 Å². The molecule has 1 amide bonds. The largest absolute Gasteiger partial charge is 0.491 e. The number of nitrogens with zero attached hydrogens (tertiary/aromatic N) is 5. The first-order valence-corrected chi connectivity index (χ1v) is 17.8. The summed E-state index contributed by atoms with van der Waals surface area (Å²) in [4.78, 5) is 33.6. The second-order valence-corrected chi connectivity index (χ2v) is 14.6. The van der Waals surface area contributed by atoms with E-state index in [1.165, 1.54) is 29.4 Å². The van der Waals surface area contributed by atoms with Gasteiger partial charge >= 0.3 is 12.1 Å². The maximum Gasteiger partial charge on any atom is 0.410 e. The first-order valence-electron chi connectivity index (χ1n) is 16.2. The number of rotatable bonds is 16. The standard InChI is InChI=1S/C35H45Cl2FN6O6S/c1-22-25(31(37)42-41-30(22)36)20-24(48-18-16-44(7)34(46)50-35(2,3)4)21-39-33-40-29(32(45)47-8)28(51-33)12-10-17-49-27-14-13-23(19-26(27)38)11-9-15-43(5)6/h13-14,19,24H,10,12,15-18,20-21H2,1-8H3,(H,39,40). The first-order chi connectivity index (χ1) is 24.1. The van der Waals surface area contributed by atoms with Gasteiger partial charge in [-0.2, -0.15) is 0 Å². The number of aryl methyl sites for hydroxylation is 1. The van der Waals surface area contributed by atoms with Crippen LogP contribution >= 0.6 is 34.5 Å². The van der Waals surface area contributed by atoms with Crippen molar-refractivity contribution in [1.29, 1.82) is 0 Å².